The van der Waals surface area contributed by atoms with Gasteiger partial charge < -0.3 is 10.6 Å². The molecule has 29 heavy (non-hydrogen) atoms. The highest BCUT2D eigenvalue weighted by molar-refractivity contribution is 6.40. The molecule has 0 saturated carbocycles. The summed E-state index contributed by atoms with van der Waals surface area (Å²) in [5.41, 5.74) is 5.13. The third kappa shape index (κ3) is 6.89. The summed E-state index contributed by atoms with van der Waals surface area (Å²) in [6.45, 7) is 5.22. The summed E-state index contributed by atoms with van der Waals surface area (Å²) < 4.78 is 0. The van der Waals surface area contributed by atoms with Crippen LogP contribution < -0.4 is 16.1 Å². The summed E-state index contributed by atoms with van der Waals surface area (Å²) in [7, 11) is 0. The van der Waals surface area contributed by atoms with Gasteiger partial charge in [0.2, 0.25) is 5.91 Å². The topological polar surface area (TPSA) is 99.7 Å². The van der Waals surface area contributed by atoms with E-state index < -0.39 is 11.8 Å². The molecule has 2 rings (SSSR count). The summed E-state index contributed by atoms with van der Waals surface area (Å²) in [6, 6.07) is 10.0. The first-order valence-corrected chi connectivity index (χ1v) is 9.38. The molecule has 2 aromatic carbocycles. The van der Waals surface area contributed by atoms with Crippen molar-refractivity contribution in [2.24, 2.45) is 5.10 Å². The van der Waals surface area contributed by atoms with Crippen LogP contribution in [0.1, 0.15) is 24.5 Å². The van der Waals surface area contributed by atoms with Gasteiger partial charge in [-0.25, -0.2) is 5.43 Å². The Kier molecular flexibility index (Phi) is 7.75. The Labute approximate surface area is 178 Å². The molecule has 2 aromatic rings. The first-order valence-electron chi connectivity index (χ1n) is 8.62. The number of carbonyl (C=O) groups is 3. The number of nitrogens with zero attached hydrogens (tertiary/aromatic N) is 1. The predicted octanol–water partition coefficient (Wildman–Crippen LogP) is 4.07. The Balaban J connectivity index is 1.88. The molecule has 3 amide bonds. The molecule has 0 fully saturated rings. The van der Waals surface area contributed by atoms with Crippen molar-refractivity contribution in [1.82, 2.24) is 5.43 Å². The molecule has 0 radical (unpaired) electrons. The fraction of sp³-hybridized carbons (Fsp3) is 0.200. The fourth-order valence-electron chi connectivity index (χ4n) is 2.25. The SMILES string of the molecule is C/C(CC(=O)Nc1cc(Cl)ccc1C)=N/NC(=O)C(=O)Nc1ccc(C)c(Cl)c1. The van der Waals surface area contributed by atoms with E-state index in [0.29, 0.717) is 27.1 Å². The minimum absolute atomic E-state index is 0.0680. The number of rotatable bonds is 5. The maximum Gasteiger partial charge on any atom is 0.329 e. The van der Waals surface area contributed by atoms with E-state index in [2.05, 4.69) is 21.2 Å². The number of aryl methyl sites for hydroxylation is 2. The minimum atomic E-state index is -0.966. The number of carbonyl (C=O) groups excluding carboxylic acids is 3. The molecule has 0 bridgehead atoms. The second kappa shape index (κ2) is 10.0. The van der Waals surface area contributed by atoms with Crippen LogP contribution in [-0.4, -0.2) is 23.4 Å². The maximum absolute atomic E-state index is 12.1. The van der Waals surface area contributed by atoms with Gasteiger partial charge in [0.1, 0.15) is 0 Å². The lowest BCUT2D eigenvalue weighted by Gasteiger charge is -2.09. The summed E-state index contributed by atoms with van der Waals surface area (Å²) >= 11 is 11.9. The molecule has 0 unspecified atom stereocenters. The molecule has 9 heteroatoms. The highest BCUT2D eigenvalue weighted by atomic mass is 35.5. The number of nitrogens with one attached hydrogen (secondary N) is 3. The second-order valence-corrected chi connectivity index (χ2v) is 7.23. The van der Waals surface area contributed by atoms with Crippen molar-refractivity contribution < 1.29 is 14.4 Å². The molecule has 0 aliphatic carbocycles. The van der Waals surface area contributed by atoms with Crippen molar-refractivity contribution in [2.45, 2.75) is 27.2 Å². The molecule has 0 aliphatic rings. The van der Waals surface area contributed by atoms with Crippen molar-refractivity contribution in [3.63, 3.8) is 0 Å². The summed E-state index contributed by atoms with van der Waals surface area (Å²) in [6.07, 6.45) is -0.0680. The van der Waals surface area contributed by atoms with Gasteiger partial charge in [-0.1, -0.05) is 35.3 Å². The van der Waals surface area contributed by atoms with Crippen molar-refractivity contribution in [3.05, 3.63) is 57.6 Å². The van der Waals surface area contributed by atoms with E-state index in [1.165, 1.54) is 0 Å². The summed E-state index contributed by atoms with van der Waals surface area (Å²) in [4.78, 5) is 35.9. The van der Waals surface area contributed by atoms with E-state index in [1.807, 2.05) is 13.8 Å². The predicted molar refractivity (Wildman–Crippen MR) is 116 cm³/mol. The number of hydrogen-bond acceptors (Lipinski definition) is 4. The van der Waals surface area contributed by atoms with E-state index >= 15 is 0 Å². The molecule has 3 N–H and O–H groups in total. The largest absolute Gasteiger partial charge is 0.329 e. The van der Waals surface area contributed by atoms with Gasteiger partial charge in [-0.05, 0) is 56.2 Å². The maximum atomic E-state index is 12.1. The zero-order chi connectivity index (χ0) is 21.6. The highest BCUT2D eigenvalue weighted by Gasteiger charge is 2.14. The van der Waals surface area contributed by atoms with E-state index in [1.54, 1.807) is 43.3 Å². The van der Waals surface area contributed by atoms with Crippen LogP contribution in [0, 0.1) is 13.8 Å². The molecular formula is C20H20Cl2N4O3. The third-order valence-electron chi connectivity index (χ3n) is 3.87. The van der Waals surface area contributed by atoms with Crippen LogP contribution in [0.3, 0.4) is 0 Å². The van der Waals surface area contributed by atoms with Gasteiger partial charge in [-0.3, -0.25) is 14.4 Å². The molecule has 0 spiro atoms. The molecule has 152 valence electrons. The average Bonchev–Trinajstić information content (AvgIpc) is 2.65. The van der Waals surface area contributed by atoms with Crippen LogP contribution in [0.4, 0.5) is 11.4 Å². The Hall–Kier alpha value is -2.90. The van der Waals surface area contributed by atoms with Crippen LogP contribution in [-0.2, 0) is 14.4 Å². The molecule has 0 heterocycles. The van der Waals surface area contributed by atoms with Crippen molar-refractivity contribution in [3.8, 4) is 0 Å². The zero-order valence-corrected chi connectivity index (χ0v) is 17.6. The number of anilines is 2. The van der Waals surface area contributed by atoms with Gasteiger partial charge in [0.15, 0.2) is 0 Å². The van der Waals surface area contributed by atoms with Gasteiger partial charge >= 0.3 is 11.8 Å². The summed E-state index contributed by atoms with van der Waals surface area (Å²) in [5, 5.41) is 9.91. The van der Waals surface area contributed by atoms with E-state index in [0.717, 1.165) is 11.1 Å². The molecular weight excluding hydrogens is 415 g/mol. The quantitative estimate of drug-likeness (QED) is 0.375. The first kappa shape index (κ1) is 22.4. The summed E-state index contributed by atoms with van der Waals surface area (Å²) in [5.74, 6) is -2.20. The van der Waals surface area contributed by atoms with E-state index in [9.17, 15) is 14.4 Å². The molecule has 0 atom stereocenters. The van der Waals surface area contributed by atoms with E-state index in [4.69, 9.17) is 23.2 Å². The average molecular weight is 435 g/mol. The standard InChI is InChI=1S/C20H20Cl2N4O3/c1-11-5-7-15(10-16(11)22)23-19(28)20(29)26-25-13(3)8-18(27)24-17-9-14(21)6-4-12(17)2/h4-7,9-10H,8H2,1-3H3,(H,23,28)(H,24,27)(H,26,29)/b25-13-. The van der Waals surface area contributed by atoms with Crippen molar-refractivity contribution in [1.29, 1.82) is 0 Å². The lowest BCUT2D eigenvalue weighted by molar-refractivity contribution is -0.136. The van der Waals surface area contributed by atoms with Crippen LogP contribution in [0.2, 0.25) is 10.0 Å². The number of benzene rings is 2. The van der Waals surface area contributed by atoms with Crippen LogP contribution in [0.25, 0.3) is 0 Å². The minimum Gasteiger partial charge on any atom is -0.325 e. The Morgan fingerprint density at radius 3 is 2.31 bits per heavy atom. The number of amides is 3. The molecule has 0 saturated heterocycles. The second-order valence-electron chi connectivity index (χ2n) is 6.39. The van der Waals surface area contributed by atoms with Gasteiger partial charge in [-0.2, -0.15) is 5.10 Å². The van der Waals surface area contributed by atoms with Gasteiger partial charge in [0.05, 0.1) is 6.42 Å². The van der Waals surface area contributed by atoms with Gasteiger partial charge in [0.25, 0.3) is 0 Å². The first-order chi connectivity index (χ1) is 13.7. The van der Waals surface area contributed by atoms with Crippen molar-refractivity contribution >= 4 is 58.0 Å². The van der Waals surface area contributed by atoms with Gasteiger partial charge in [-0.15, -0.1) is 0 Å². The number of hydrogen-bond donors (Lipinski definition) is 3. The van der Waals surface area contributed by atoms with Gasteiger partial charge in [0, 0.05) is 27.1 Å². The van der Waals surface area contributed by atoms with Crippen molar-refractivity contribution in [2.75, 3.05) is 10.6 Å². The number of hydrazone groups is 1. The van der Waals surface area contributed by atoms with Crippen LogP contribution >= 0.6 is 23.2 Å². The lowest BCUT2D eigenvalue weighted by atomic mass is 10.2. The zero-order valence-electron chi connectivity index (χ0n) is 16.1. The molecule has 0 aromatic heterocycles. The fourth-order valence-corrected chi connectivity index (χ4v) is 2.60. The molecule has 7 nitrogen and oxygen atoms in total. The highest BCUT2D eigenvalue weighted by Crippen LogP contribution is 2.21. The van der Waals surface area contributed by atoms with Crippen LogP contribution in [0.5, 0.6) is 0 Å². The lowest BCUT2D eigenvalue weighted by Crippen LogP contribution is -2.33. The number of halogens is 2. The molecule has 0 aliphatic heterocycles. The monoisotopic (exact) mass is 434 g/mol. The smallest absolute Gasteiger partial charge is 0.325 e. The Bertz CT molecular complexity index is 990. The normalized spacial score (nSPS) is 11.0. The Morgan fingerprint density at radius 2 is 1.62 bits per heavy atom. The van der Waals surface area contributed by atoms with Crippen LogP contribution in [0.15, 0.2) is 41.5 Å². The Morgan fingerprint density at radius 1 is 0.931 bits per heavy atom. The van der Waals surface area contributed by atoms with E-state index in [-0.39, 0.29) is 12.3 Å². The third-order valence-corrected chi connectivity index (χ3v) is 4.52.